The number of benzene rings is 2. The zero-order chi connectivity index (χ0) is 11.5. The van der Waals surface area contributed by atoms with E-state index in [1.165, 1.54) is 0 Å². The van der Waals surface area contributed by atoms with E-state index in [-0.39, 0.29) is 0 Å². The number of aryl methyl sites for hydroxylation is 1. The zero-order valence-electron chi connectivity index (χ0n) is 8.97. The molecule has 2 aromatic rings. The summed E-state index contributed by atoms with van der Waals surface area (Å²) in [6.07, 6.45) is 0. The minimum atomic E-state index is -0.892. The third-order valence-electron chi connectivity index (χ3n) is 2.49. The molecule has 0 fully saturated rings. The number of aromatic carboxylic acids is 1. The van der Waals surface area contributed by atoms with Gasteiger partial charge in [0.2, 0.25) is 0 Å². The first-order valence-electron chi connectivity index (χ1n) is 5.08. The average molecular weight is 212 g/mol. The summed E-state index contributed by atoms with van der Waals surface area (Å²) >= 11 is 0. The van der Waals surface area contributed by atoms with Crippen LogP contribution >= 0.6 is 0 Å². The maximum Gasteiger partial charge on any atom is 0.336 e. The molecule has 0 heterocycles. The molecule has 0 saturated carbocycles. The monoisotopic (exact) mass is 212 g/mol. The summed E-state index contributed by atoms with van der Waals surface area (Å²) in [6.45, 7) is 1.99. The van der Waals surface area contributed by atoms with Gasteiger partial charge in [0.05, 0.1) is 5.56 Å². The predicted octanol–water partition coefficient (Wildman–Crippen LogP) is 3.36. The van der Waals surface area contributed by atoms with Crippen LogP contribution in [0.25, 0.3) is 11.1 Å². The van der Waals surface area contributed by atoms with E-state index in [4.69, 9.17) is 5.11 Å². The Hall–Kier alpha value is -2.09. The lowest BCUT2D eigenvalue weighted by atomic mass is 9.98. The van der Waals surface area contributed by atoms with Crippen LogP contribution in [0.4, 0.5) is 0 Å². The van der Waals surface area contributed by atoms with Crippen LogP contribution in [0.1, 0.15) is 15.9 Å². The summed E-state index contributed by atoms with van der Waals surface area (Å²) in [5.74, 6) is -0.892. The van der Waals surface area contributed by atoms with Gasteiger partial charge in [-0.25, -0.2) is 4.79 Å². The van der Waals surface area contributed by atoms with Gasteiger partial charge in [-0.05, 0) is 24.1 Å². The first-order chi connectivity index (χ1) is 7.68. The standard InChI is InChI=1S/C14H12O2/c1-10-5-4-6-11(9-10)12-7-2-3-8-13(12)14(15)16/h2-9H,1H3,(H,15,16). The number of carboxylic acids is 1. The van der Waals surface area contributed by atoms with Crippen LogP contribution in [0.15, 0.2) is 48.5 Å². The van der Waals surface area contributed by atoms with Gasteiger partial charge in [-0.3, -0.25) is 0 Å². The fraction of sp³-hybridized carbons (Fsp3) is 0.0714. The van der Waals surface area contributed by atoms with Gasteiger partial charge in [0.25, 0.3) is 0 Å². The van der Waals surface area contributed by atoms with Gasteiger partial charge >= 0.3 is 5.97 Å². The molecule has 80 valence electrons. The second kappa shape index (κ2) is 4.19. The van der Waals surface area contributed by atoms with E-state index in [0.717, 1.165) is 16.7 Å². The summed E-state index contributed by atoms with van der Waals surface area (Å²) in [4.78, 5) is 11.1. The van der Waals surface area contributed by atoms with E-state index < -0.39 is 5.97 Å². The van der Waals surface area contributed by atoms with Gasteiger partial charge in [0.1, 0.15) is 0 Å². The molecule has 16 heavy (non-hydrogen) atoms. The van der Waals surface area contributed by atoms with E-state index >= 15 is 0 Å². The van der Waals surface area contributed by atoms with E-state index in [9.17, 15) is 4.79 Å². The fourth-order valence-electron chi connectivity index (χ4n) is 1.73. The molecule has 2 heteroatoms. The second-order valence-electron chi connectivity index (χ2n) is 3.72. The van der Waals surface area contributed by atoms with Crippen molar-refractivity contribution >= 4 is 5.97 Å². The van der Waals surface area contributed by atoms with Crippen molar-refractivity contribution in [3.8, 4) is 11.1 Å². The molecule has 0 aromatic heterocycles. The van der Waals surface area contributed by atoms with Crippen molar-refractivity contribution in [2.24, 2.45) is 0 Å². The summed E-state index contributed by atoms with van der Waals surface area (Å²) < 4.78 is 0. The first kappa shape index (κ1) is 10.4. The van der Waals surface area contributed by atoms with Crippen molar-refractivity contribution < 1.29 is 9.90 Å². The molecule has 0 unspecified atom stereocenters. The SMILES string of the molecule is Cc1cccc(-c2ccccc2C(=O)O)c1. The van der Waals surface area contributed by atoms with E-state index in [1.807, 2.05) is 43.3 Å². The summed E-state index contributed by atoms with van der Waals surface area (Å²) in [6, 6.07) is 14.9. The van der Waals surface area contributed by atoms with E-state index in [1.54, 1.807) is 12.1 Å². The Labute approximate surface area is 94.2 Å². The van der Waals surface area contributed by atoms with Crippen LogP contribution in [0.3, 0.4) is 0 Å². The van der Waals surface area contributed by atoms with Crippen LogP contribution in [0, 0.1) is 6.92 Å². The largest absolute Gasteiger partial charge is 0.478 e. The minimum absolute atomic E-state index is 0.341. The molecule has 2 rings (SSSR count). The Bertz CT molecular complexity index is 530. The van der Waals surface area contributed by atoms with Gasteiger partial charge in [-0.2, -0.15) is 0 Å². The number of carbonyl (C=O) groups is 1. The number of hydrogen-bond donors (Lipinski definition) is 1. The highest BCUT2D eigenvalue weighted by atomic mass is 16.4. The lowest BCUT2D eigenvalue weighted by Gasteiger charge is -2.06. The molecule has 0 aliphatic rings. The van der Waals surface area contributed by atoms with Crippen molar-refractivity contribution in [2.75, 3.05) is 0 Å². The first-order valence-corrected chi connectivity index (χ1v) is 5.08. The third kappa shape index (κ3) is 1.96. The fourth-order valence-corrected chi connectivity index (χ4v) is 1.73. The maximum absolute atomic E-state index is 11.1. The quantitative estimate of drug-likeness (QED) is 0.828. The molecule has 0 amide bonds. The molecule has 0 spiro atoms. The molecule has 0 atom stereocenters. The van der Waals surface area contributed by atoms with Crippen LogP contribution in [-0.2, 0) is 0 Å². The number of hydrogen-bond acceptors (Lipinski definition) is 1. The van der Waals surface area contributed by atoms with E-state index in [0.29, 0.717) is 5.56 Å². The highest BCUT2D eigenvalue weighted by molar-refractivity contribution is 5.96. The topological polar surface area (TPSA) is 37.3 Å². The van der Waals surface area contributed by atoms with Gasteiger partial charge in [-0.15, -0.1) is 0 Å². The molecule has 2 aromatic carbocycles. The predicted molar refractivity (Wildman–Crippen MR) is 63.6 cm³/mol. The molecule has 0 aliphatic heterocycles. The number of rotatable bonds is 2. The van der Waals surface area contributed by atoms with Crippen molar-refractivity contribution in [1.29, 1.82) is 0 Å². The van der Waals surface area contributed by atoms with Crippen molar-refractivity contribution in [1.82, 2.24) is 0 Å². The Morgan fingerprint density at radius 2 is 1.81 bits per heavy atom. The Morgan fingerprint density at radius 3 is 2.50 bits per heavy atom. The smallest absolute Gasteiger partial charge is 0.336 e. The molecule has 0 radical (unpaired) electrons. The Kier molecular flexibility index (Phi) is 2.73. The summed E-state index contributed by atoms with van der Waals surface area (Å²) in [5.41, 5.74) is 3.17. The normalized spacial score (nSPS) is 10.1. The van der Waals surface area contributed by atoms with Crippen molar-refractivity contribution in [3.05, 3.63) is 59.7 Å². The summed E-state index contributed by atoms with van der Waals surface area (Å²) in [7, 11) is 0. The van der Waals surface area contributed by atoms with Crippen LogP contribution in [0.2, 0.25) is 0 Å². The molecule has 0 saturated heterocycles. The Balaban J connectivity index is 2.60. The average Bonchev–Trinajstić information content (AvgIpc) is 2.29. The number of carboxylic acid groups (broad SMARTS) is 1. The molecule has 2 nitrogen and oxygen atoms in total. The van der Waals surface area contributed by atoms with E-state index in [2.05, 4.69) is 0 Å². The minimum Gasteiger partial charge on any atom is -0.478 e. The van der Waals surface area contributed by atoms with Crippen molar-refractivity contribution in [3.63, 3.8) is 0 Å². The lowest BCUT2D eigenvalue weighted by molar-refractivity contribution is 0.0697. The van der Waals surface area contributed by atoms with Crippen molar-refractivity contribution in [2.45, 2.75) is 6.92 Å². The van der Waals surface area contributed by atoms with Crippen LogP contribution in [-0.4, -0.2) is 11.1 Å². The van der Waals surface area contributed by atoms with Crippen LogP contribution in [0.5, 0.6) is 0 Å². The second-order valence-corrected chi connectivity index (χ2v) is 3.72. The molecule has 0 bridgehead atoms. The molecular formula is C14H12O2. The van der Waals surface area contributed by atoms with Gasteiger partial charge in [0, 0.05) is 0 Å². The molecular weight excluding hydrogens is 200 g/mol. The van der Waals surface area contributed by atoms with Gasteiger partial charge in [-0.1, -0.05) is 48.0 Å². The lowest BCUT2D eigenvalue weighted by Crippen LogP contribution is -1.98. The van der Waals surface area contributed by atoms with Crippen LogP contribution < -0.4 is 0 Å². The zero-order valence-corrected chi connectivity index (χ0v) is 8.97. The highest BCUT2D eigenvalue weighted by Gasteiger charge is 2.10. The van der Waals surface area contributed by atoms with Gasteiger partial charge in [0.15, 0.2) is 0 Å². The third-order valence-corrected chi connectivity index (χ3v) is 2.49. The molecule has 0 aliphatic carbocycles. The maximum atomic E-state index is 11.1. The summed E-state index contributed by atoms with van der Waals surface area (Å²) in [5, 5.41) is 9.10. The Morgan fingerprint density at radius 1 is 1.06 bits per heavy atom. The highest BCUT2D eigenvalue weighted by Crippen LogP contribution is 2.24. The van der Waals surface area contributed by atoms with Gasteiger partial charge < -0.3 is 5.11 Å². The molecule has 1 N–H and O–H groups in total.